The molecule has 3 rings (SSSR count). The maximum Gasteiger partial charge on any atom is 0.335 e. The summed E-state index contributed by atoms with van der Waals surface area (Å²) in [5.41, 5.74) is 2.17. The van der Waals surface area contributed by atoms with E-state index in [1.807, 2.05) is 4.90 Å². The number of amides is 1. The number of rotatable bonds is 2. The Morgan fingerprint density at radius 1 is 1.24 bits per heavy atom. The summed E-state index contributed by atoms with van der Waals surface area (Å²) in [6.45, 7) is 2.53. The zero-order chi connectivity index (χ0) is 14.8. The van der Waals surface area contributed by atoms with Crippen LogP contribution in [0.5, 0.6) is 0 Å². The number of hydrogen-bond acceptors (Lipinski definition) is 3. The molecule has 2 aliphatic heterocycles. The Morgan fingerprint density at radius 2 is 2.00 bits per heavy atom. The molecule has 0 bridgehead atoms. The van der Waals surface area contributed by atoms with Crippen molar-refractivity contribution in [3.63, 3.8) is 0 Å². The van der Waals surface area contributed by atoms with E-state index >= 15 is 0 Å². The van der Waals surface area contributed by atoms with Gasteiger partial charge in [0.25, 0.3) is 0 Å². The SMILES string of the molecule is O=C(O)c1ccc2c(c1)CCCN2C(=O)C1CCNCC1. The molecule has 1 amide bonds. The number of aryl methyl sites for hydroxylation is 1. The minimum Gasteiger partial charge on any atom is -0.478 e. The van der Waals surface area contributed by atoms with Crippen LogP contribution in [0.1, 0.15) is 35.2 Å². The van der Waals surface area contributed by atoms with Gasteiger partial charge in [0.05, 0.1) is 5.56 Å². The van der Waals surface area contributed by atoms with Crippen LogP contribution in [-0.4, -0.2) is 36.6 Å². The Kier molecular flexibility index (Phi) is 3.92. The van der Waals surface area contributed by atoms with Crippen molar-refractivity contribution in [2.45, 2.75) is 25.7 Å². The van der Waals surface area contributed by atoms with Crippen molar-refractivity contribution in [3.8, 4) is 0 Å². The van der Waals surface area contributed by atoms with E-state index in [2.05, 4.69) is 5.32 Å². The summed E-state index contributed by atoms with van der Waals surface area (Å²) in [4.78, 5) is 25.6. The molecule has 2 heterocycles. The fourth-order valence-electron chi connectivity index (χ4n) is 3.25. The highest BCUT2D eigenvalue weighted by Crippen LogP contribution is 2.30. The first kappa shape index (κ1) is 14.1. The number of benzene rings is 1. The van der Waals surface area contributed by atoms with Gasteiger partial charge < -0.3 is 15.3 Å². The van der Waals surface area contributed by atoms with Crippen molar-refractivity contribution in [1.29, 1.82) is 0 Å². The van der Waals surface area contributed by atoms with Crippen molar-refractivity contribution in [2.75, 3.05) is 24.5 Å². The number of fused-ring (bicyclic) bond motifs is 1. The minimum atomic E-state index is -0.917. The lowest BCUT2D eigenvalue weighted by Gasteiger charge is -2.34. The van der Waals surface area contributed by atoms with Gasteiger partial charge in [-0.05, 0) is 62.5 Å². The number of carbonyl (C=O) groups excluding carboxylic acids is 1. The Labute approximate surface area is 123 Å². The third-order valence-corrected chi connectivity index (χ3v) is 4.40. The molecule has 1 fully saturated rings. The van der Waals surface area contributed by atoms with Gasteiger partial charge in [-0.1, -0.05) is 0 Å². The zero-order valence-corrected chi connectivity index (χ0v) is 12.0. The predicted molar refractivity (Wildman–Crippen MR) is 79.7 cm³/mol. The fourth-order valence-corrected chi connectivity index (χ4v) is 3.25. The predicted octanol–water partition coefficient (Wildman–Crippen LogP) is 1.66. The number of hydrogen-bond donors (Lipinski definition) is 2. The van der Waals surface area contributed by atoms with Crippen LogP contribution >= 0.6 is 0 Å². The maximum atomic E-state index is 12.7. The molecule has 5 heteroatoms. The molecule has 1 saturated heterocycles. The van der Waals surface area contributed by atoms with Crippen LogP contribution < -0.4 is 10.2 Å². The molecular formula is C16H20N2O3. The van der Waals surface area contributed by atoms with E-state index in [0.717, 1.165) is 56.6 Å². The molecule has 2 N–H and O–H groups in total. The molecule has 0 atom stereocenters. The highest BCUT2D eigenvalue weighted by atomic mass is 16.4. The average Bonchev–Trinajstić information content (AvgIpc) is 2.54. The van der Waals surface area contributed by atoms with Crippen LogP contribution in [0, 0.1) is 5.92 Å². The lowest BCUT2D eigenvalue weighted by Crippen LogP contribution is -2.43. The second-order valence-corrected chi connectivity index (χ2v) is 5.77. The topological polar surface area (TPSA) is 69.6 Å². The number of anilines is 1. The molecule has 0 aliphatic carbocycles. The maximum absolute atomic E-state index is 12.7. The van der Waals surface area contributed by atoms with Gasteiger partial charge in [-0.25, -0.2) is 4.79 Å². The second kappa shape index (κ2) is 5.85. The molecule has 2 aliphatic rings. The highest BCUT2D eigenvalue weighted by molar-refractivity contribution is 5.97. The number of aromatic carboxylic acids is 1. The van der Waals surface area contributed by atoms with E-state index in [4.69, 9.17) is 5.11 Å². The highest BCUT2D eigenvalue weighted by Gasteiger charge is 2.29. The van der Waals surface area contributed by atoms with E-state index in [9.17, 15) is 9.59 Å². The van der Waals surface area contributed by atoms with Gasteiger partial charge in [0, 0.05) is 18.2 Å². The van der Waals surface area contributed by atoms with Gasteiger partial charge in [0.2, 0.25) is 5.91 Å². The Hall–Kier alpha value is -1.88. The summed E-state index contributed by atoms with van der Waals surface area (Å²) in [5, 5.41) is 12.4. The number of carbonyl (C=O) groups is 2. The number of piperidine rings is 1. The molecule has 21 heavy (non-hydrogen) atoms. The van der Waals surface area contributed by atoms with Gasteiger partial charge in [0.1, 0.15) is 0 Å². The van der Waals surface area contributed by atoms with Crippen LogP contribution in [0.25, 0.3) is 0 Å². The summed E-state index contributed by atoms with van der Waals surface area (Å²) < 4.78 is 0. The van der Waals surface area contributed by atoms with Gasteiger partial charge in [-0.2, -0.15) is 0 Å². The van der Waals surface area contributed by atoms with E-state index in [1.54, 1.807) is 18.2 Å². The molecule has 0 aromatic heterocycles. The van der Waals surface area contributed by atoms with E-state index in [-0.39, 0.29) is 11.8 Å². The smallest absolute Gasteiger partial charge is 0.335 e. The molecule has 0 saturated carbocycles. The summed E-state index contributed by atoms with van der Waals surface area (Å²) >= 11 is 0. The molecule has 0 spiro atoms. The number of carboxylic acid groups (broad SMARTS) is 1. The monoisotopic (exact) mass is 288 g/mol. The molecule has 1 aromatic carbocycles. The van der Waals surface area contributed by atoms with Gasteiger partial charge in [-0.3, -0.25) is 4.79 Å². The van der Waals surface area contributed by atoms with Crippen LogP contribution in [-0.2, 0) is 11.2 Å². The summed E-state index contributed by atoms with van der Waals surface area (Å²) in [5.74, 6) is -0.628. The number of nitrogens with one attached hydrogen (secondary N) is 1. The molecule has 0 radical (unpaired) electrons. The number of carboxylic acids is 1. The van der Waals surface area contributed by atoms with Crippen molar-refractivity contribution in [1.82, 2.24) is 5.32 Å². The third kappa shape index (κ3) is 2.78. The van der Waals surface area contributed by atoms with E-state index < -0.39 is 5.97 Å². The first-order valence-corrected chi connectivity index (χ1v) is 7.55. The molecule has 112 valence electrons. The van der Waals surface area contributed by atoms with Gasteiger partial charge in [-0.15, -0.1) is 0 Å². The zero-order valence-electron chi connectivity index (χ0n) is 12.0. The van der Waals surface area contributed by atoms with Crippen molar-refractivity contribution < 1.29 is 14.7 Å². The number of nitrogens with zero attached hydrogens (tertiary/aromatic N) is 1. The molecule has 1 aromatic rings. The molecule has 0 unspecified atom stereocenters. The van der Waals surface area contributed by atoms with E-state index in [1.165, 1.54) is 0 Å². The Morgan fingerprint density at radius 3 is 2.71 bits per heavy atom. The fraction of sp³-hybridized carbons (Fsp3) is 0.500. The van der Waals surface area contributed by atoms with Gasteiger partial charge in [0.15, 0.2) is 0 Å². The first-order valence-electron chi connectivity index (χ1n) is 7.55. The van der Waals surface area contributed by atoms with Crippen LogP contribution in [0.15, 0.2) is 18.2 Å². The van der Waals surface area contributed by atoms with Crippen molar-refractivity contribution in [3.05, 3.63) is 29.3 Å². The quantitative estimate of drug-likeness (QED) is 0.868. The first-order chi connectivity index (χ1) is 10.2. The van der Waals surface area contributed by atoms with Crippen LogP contribution in [0.3, 0.4) is 0 Å². The summed E-state index contributed by atoms with van der Waals surface area (Å²) in [6.07, 6.45) is 3.51. The molecular weight excluding hydrogens is 268 g/mol. The largest absolute Gasteiger partial charge is 0.478 e. The van der Waals surface area contributed by atoms with Gasteiger partial charge >= 0.3 is 5.97 Å². The second-order valence-electron chi connectivity index (χ2n) is 5.77. The van der Waals surface area contributed by atoms with Crippen molar-refractivity contribution in [2.24, 2.45) is 5.92 Å². The lowest BCUT2D eigenvalue weighted by molar-refractivity contribution is -0.123. The minimum absolute atomic E-state index is 0.0938. The van der Waals surface area contributed by atoms with E-state index in [0.29, 0.717) is 5.56 Å². The normalized spacial score (nSPS) is 19.1. The summed E-state index contributed by atoms with van der Waals surface area (Å²) in [6, 6.07) is 5.09. The average molecular weight is 288 g/mol. The standard InChI is InChI=1S/C16H20N2O3/c19-15(11-5-7-17-8-6-11)18-9-1-2-12-10-13(16(20)21)3-4-14(12)18/h3-4,10-11,17H,1-2,5-9H2,(H,20,21). The van der Waals surface area contributed by atoms with Crippen LogP contribution in [0.4, 0.5) is 5.69 Å². The third-order valence-electron chi connectivity index (χ3n) is 4.40. The van der Waals surface area contributed by atoms with Crippen molar-refractivity contribution >= 4 is 17.6 Å². The Balaban J connectivity index is 1.86. The Bertz CT molecular complexity index is 565. The van der Waals surface area contributed by atoms with Crippen LogP contribution in [0.2, 0.25) is 0 Å². The summed E-state index contributed by atoms with van der Waals surface area (Å²) in [7, 11) is 0. The lowest BCUT2D eigenvalue weighted by atomic mass is 9.93. The molecule has 5 nitrogen and oxygen atoms in total.